The van der Waals surface area contributed by atoms with Crippen molar-refractivity contribution in [3.05, 3.63) is 76.5 Å². The smallest absolute Gasteiger partial charge is 0.247 e. The van der Waals surface area contributed by atoms with Gasteiger partial charge in [0.1, 0.15) is 27.9 Å². The summed E-state index contributed by atoms with van der Waals surface area (Å²) in [7, 11) is 0. The Balaban J connectivity index is 1.77. The Bertz CT molecular complexity index is 1220. The van der Waals surface area contributed by atoms with Gasteiger partial charge in [0.25, 0.3) is 0 Å². The van der Waals surface area contributed by atoms with Crippen LogP contribution in [0, 0.1) is 17.0 Å². The highest BCUT2D eigenvalue weighted by atomic mass is 35.5. The number of aromatic nitrogens is 1. The van der Waals surface area contributed by atoms with Crippen LogP contribution in [0.3, 0.4) is 0 Å². The molecule has 1 aliphatic rings. The molecule has 0 atom stereocenters. The average molecular weight is 478 g/mol. The maximum absolute atomic E-state index is 15.2. The number of anilines is 2. The third-order valence-electron chi connectivity index (χ3n) is 5.09. The topological polar surface area (TPSA) is 85.5 Å². The van der Waals surface area contributed by atoms with Gasteiger partial charge in [0.15, 0.2) is 5.82 Å². The van der Waals surface area contributed by atoms with Gasteiger partial charge in [-0.05, 0) is 49.2 Å². The van der Waals surface area contributed by atoms with Crippen LogP contribution in [0.1, 0.15) is 12.8 Å². The molecule has 32 heavy (non-hydrogen) atoms. The number of halogens is 4. The number of carbonyl (C=O) groups is 2. The molecule has 2 aromatic carbocycles. The number of rotatable bonds is 6. The Kier molecular flexibility index (Phi) is 5.75. The third kappa shape index (κ3) is 4.11. The van der Waals surface area contributed by atoms with Gasteiger partial charge in [0.2, 0.25) is 11.8 Å². The van der Waals surface area contributed by atoms with E-state index in [-0.39, 0.29) is 45.9 Å². The average Bonchev–Trinajstić information content (AvgIpc) is 3.55. The van der Waals surface area contributed by atoms with Crippen molar-refractivity contribution in [3.63, 3.8) is 0 Å². The second kappa shape index (κ2) is 8.37. The lowest BCUT2D eigenvalue weighted by Gasteiger charge is -2.27. The van der Waals surface area contributed by atoms with Crippen molar-refractivity contribution < 1.29 is 23.1 Å². The zero-order valence-corrected chi connectivity index (χ0v) is 17.8. The molecule has 164 valence electrons. The van der Waals surface area contributed by atoms with E-state index in [1.54, 1.807) is 0 Å². The van der Waals surface area contributed by atoms with Gasteiger partial charge in [-0.1, -0.05) is 23.2 Å². The number of nitrogens with zero attached hydrogens (tertiary/aromatic N) is 2. The first-order valence-corrected chi connectivity index (χ1v) is 10.2. The standard InChI is InChI=1S/C22H15Cl2F2N3O3/c23-15-10-17(16(26)11-18(15)32-14-5-8-28-19(24)9-14)29(13-3-1-12(25)2-4-13)21(31)22(6-7-22)20(27)30/h1-5,8-11H,6-7H2,(H2,27,30). The second-order valence-electron chi connectivity index (χ2n) is 7.21. The van der Waals surface area contributed by atoms with Crippen LogP contribution < -0.4 is 15.4 Å². The first kappa shape index (κ1) is 22.0. The quantitative estimate of drug-likeness (QED) is 0.380. The van der Waals surface area contributed by atoms with Gasteiger partial charge in [0, 0.05) is 24.0 Å². The molecular formula is C22H15Cl2F2N3O3. The van der Waals surface area contributed by atoms with Crippen LogP contribution in [0.4, 0.5) is 20.2 Å². The predicted octanol–water partition coefficient (Wildman–Crippen LogP) is 5.39. The zero-order chi connectivity index (χ0) is 23.0. The normalized spacial score (nSPS) is 14.0. The highest BCUT2D eigenvalue weighted by Crippen LogP contribution is 2.50. The maximum atomic E-state index is 15.2. The number of pyridine rings is 1. The number of carbonyl (C=O) groups excluding carboxylic acids is 2. The lowest BCUT2D eigenvalue weighted by Crippen LogP contribution is -2.41. The Hall–Kier alpha value is -3.23. The first-order chi connectivity index (χ1) is 15.2. The van der Waals surface area contributed by atoms with Crippen LogP contribution in [0.15, 0.2) is 54.7 Å². The molecule has 4 rings (SSSR count). The second-order valence-corrected chi connectivity index (χ2v) is 8.01. The SMILES string of the molecule is NC(=O)C1(C(=O)N(c2ccc(F)cc2)c2cc(Cl)c(Oc3ccnc(Cl)c3)cc2F)CC1. The summed E-state index contributed by atoms with van der Waals surface area (Å²) in [6.07, 6.45) is 1.88. The summed E-state index contributed by atoms with van der Waals surface area (Å²) >= 11 is 12.1. The van der Waals surface area contributed by atoms with E-state index in [1.165, 1.54) is 36.5 Å². The van der Waals surface area contributed by atoms with Crippen molar-refractivity contribution >= 4 is 46.4 Å². The molecular weight excluding hydrogens is 463 g/mol. The van der Waals surface area contributed by atoms with Crippen LogP contribution in [0.5, 0.6) is 11.5 Å². The van der Waals surface area contributed by atoms with E-state index in [4.69, 9.17) is 33.7 Å². The van der Waals surface area contributed by atoms with Crippen LogP contribution in [-0.4, -0.2) is 16.8 Å². The van der Waals surface area contributed by atoms with E-state index in [9.17, 15) is 14.0 Å². The molecule has 1 aromatic heterocycles. The Labute approximate surface area is 191 Å². The van der Waals surface area contributed by atoms with E-state index in [1.807, 2.05) is 0 Å². The number of nitrogens with two attached hydrogens (primary N) is 1. The van der Waals surface area contributed by atoms with Crippen molar-refractivity contribution in [2.24, 2.45) is 11.1 Å². The molecule has 6 nitrogen and oxygen atoms in total. The molecule has 0 aliphatic heterocycles. The summed E-state index contributed by atoms with van der Waals surface area (Å²) in [6.45, 7) is 0. The molecule has 0 radical (unpaired) electrons. The fourth-order valence-electron chi connectivity index (χ4n) is 3.20. The molecule has 3 aromatic rings. The lowest BCUT2D eigenvalue weighted by atomic mass is 10.0. The molecule has 1 saturated carbocycles. The fraction of sp³-hybridized carbons (Fsp3) is 0.136. The van der Waals surface area contributed by atoms with Gasteiger partial charge in [-0.3, -0.25) is 14.5 Å². The zero-order valence-electron chi connectivity index (χ0n) is 16.3. The van der Waals surface area contributed by atoms with Crippen molar-refractivity contribution in [1.82, 2.24) is 4.98 Å². The molecule has 1 aliphatic carbocycles. The number of primary amides is 1. The third-order valence-corrected chi connectivity index (χ3v) is 5.59. The molecule has 0 spiro atoms. The van der Waals surface area contributed by atoms with Crippen molar-refractivity contribution in [3.8, 4) is 11.5 Å². The predicted molar refractivity (Wildman–Crippen MR) is 115 cm³/mol. The van der Waals surface area contributed by atoms with Crippen LogP contribution in [0.25, 0.3) is 0 Å². The lowest BCUT2D eigenvalue weighted by molar-refractivity contribution is -0.133. The minimum atomic E-state index is -1.45. The highest BCUT2D eigenvalue weighted by molar-refractivity contribution is 6.32. The van der Waals surface area contributed by atoms with Crippen LogP contribution in [0.2, 0.25) is 10.2 Å². The number of hydrogen-bond donors (Lipinski definition) is 1. The summed E-state index contributed by atoms with van der Waals surface area (Å²) in [5.74, 6) is -2.69. The van der Waals surface area contributed by atoms with Crippen molar-refractivity contribution in [1.29, 1.82) is 0 Å². The molecule has 0 unspecified atom stereocenters. The largest absolute Gasteiger partial charge is 0.456 e. The van der Waals surface area contributed by atoms with E-state index in [2.05, 4.69) is 4.98 Å². The Morgan fingerprint density at radius 1 is 1.06 bits per heavy atom. The first-order valence-electron chi connectivity index (χ1n) is 9.40. The van der Waals surface area contributed by atoms with Gasteiger partial charge in [-0.25, -0.2) is 13.8 Å². The van der Waals surface area contributed by atoms with E-state index >= 15 is 4.39 Å². The van der Waals surface area contributed by atoms with Gasteiger partial charge >= 0.3 is 0 Å². The Morgan fingerprint density at radius 2 is 1.75 bits per heavy atom. The van der Waals surface area contributed by atoms with E-state index in [0.29, 0.717) is 0 Å². The minimum Gasteiger partial charge on any atom is -0.456 e. The van der Waals surface area contributed by atoms with E-state index in [0.717, 1.165) is 23.1 Å². The molecule has 1 heterocycles. The number of hydrogen-bond acceptors (Lipinski definition) is 4. The van der Waals surface area contributed by atoms with Gasteiger partial charge in [-0.15, -0.1) is 0 Å². The maximum Gasteiger partial charge on any atom is 0.247 e. The van der Waals surface area contributed by atoms with Gasteiger partial charge in [0.05, 0.1) is 10.7 Å². The summed E-state index contributed by atoms with van der Waals surface area (Å²) in [5.41, 5.74) is 3.90. The molecule has 2 N–H and O–H groups in total. The molecule has 10 heteroatoms. The number of ether oxygens (including phenoxy) is 1. The molecule has 2 amide bonds. The molecule has 0 saturated heterocycles. The number of benzene rings is 2. The highest BCUT2D eigenvalue weighted by Gasteiger charge is 2.57. The monoisotopic (exact) mass is 477 g/mol. The fourth-order valence-corrected chi connectivity index (χ4v) is 3.56. The van der Waals surface area contributed by atoms with E-state index < -0.39 is 28.9 Å². The summed E-state index contributed by atoms with van der Waals surface area (Å²) in [4.78, 5) is 30.1. The summed E-state index contributed by atoms with van der Waals surface area (Å²) in [6, 6.07) is 9.93. The van der Waals surface area contributed by atoms with Gasteiger partial charge in [-0.2, -0.15) is 0 Å². The number of amides is 2. The summed E-state index contributed by atoms with van der Waals surface area (Å²) in [5, 5.41) is 0.156. The minimum absolute atomic E-state index is 0.0156. The van der Waals surface area contributed by atoms with Crippen LogP contribution >= 0.6 is 23.2 Å². The molecule has 1 fully saturated rings. The van der Waals surface area contributed by atoms with Crippen LogP contribution in [-0.2, 0) is 9.59 Å². The van der Waals surface area contributed by atoms with Crippen molar-refractivity contribution in [2.45, 2.75) is 12.8 Å². The molecule has 0 bridgehead atoms. The Morgan fingerprint density at radius 3 is 2.34 bits per heavy atom. The summed E-state index contributed by atoms with van der Waals surface area (Å²) < 4.78 is 34.3. The van der Waals surface area contributed by atoms with Gasteiger partial charge < -0.3 is 10.5 Å². The van der Waals surface area contributed by atoms with Crippen molar-refractivity contribution in [2.75, 3.05) is 4.90 Å².